The highest BCUT2D eigenvalue weighted by atomic mass is 19.3. The van der Waals surface area contributed by atoms with E-state index in [1.807, 2.05) is 6.92 Å². The van der Waals surface area contributed by atoms with E-state index in [4.69, 9.17) is 4.74 Å². The molecule has 0 fully saturated rings. The van der Waals surface area contributed by atoms with Crippen LogP contribution >= 0.6 is 0 Å². The number of aryl methyl sites for hydroxylation is 1. The maximum atomic E-state index is 13.5. The average Bonchev–Trinajstić information content (AvgIpc) is 3.34. The molecule has 0 aliphatic rings. The summed E-state index contributed by atoms with van der Waals surface area (Å²) in [6.45, 7) is 6.79. The minimum Gasteiger partial charge on any atom is -0.462 e. The Morgan fingerprint density at radius 1 is 1.08 bits per heavy atom. The van der Waals surface area contributed by atoms with Crippen molar-refractivity contribution >= 4 is 5.97 Å². The van der Waals surface area contributed by atoms with Crippen LogP contribution in [0, 0.1) is 19.7 Å². The highest BCUT2D eigenvalue weighted by Crippen LogP contribution is 2.29. The van der Waals surface area contributed by atoms with Crippen molar-refractivity contribution in [2.24, 2.45) is 0 Å². The standard InChI is InChI=1S/C26H27F3N6O2/c1-5-20-21(33-34(13-22(28)29)25(20)17-7-9-18(27)10-8-17)11-19-12-23(31-14-30-19)35-16(4)24(15(3)32-35)26(36)37-6-2/h7-10,12,14,22H,5-6,11,13H2,1-4H3. The molecular weight excluding hydrogens is 485 g/mol. The zero-order chi connectivity index (χ0) is 26.7. The minimum atomic E-state index is -2.61. The van der Waals surface area contributed by atoms with Gasteiger partial charge in [-0.3, -0.25) is 4.68 Å². The molecule has 0 radical (unpaired) electrons. The van der Waals surface area contributed by atoms with Crippen LogP contribution in [0.5, 0.6) is 0 Å². The van der Waals surface area contributed by atoms with Gasteiger partial charge in [0, 0.05) is 23.6 Å². The number of esters is 1. The first-order chi connectivity index (χ1) is 17.7. The van der Waals surface area contributed by atoms with Crippen molar-refractivity contribution in [3.8, 4) is 17.1 Å². The van der Waals surface area contributed by atoms with Gasteiger partial charge in [-0.05, 0) is 51.5 Å². The molecule has 3 heterocycles. The molecule has 4 aromatic rings. The van der Waals surface area contributed by atoms with E-state index in [-0.39, 0.29) is 13.0 Å². The van der Waals surface area contributed by atoms with Crippen molar-refractivity contribution in [3.05, 3.63) is 76.4 Å². The first-order valence-corrected chi connectivity index (χ1v) is 11.9. The van der Waals surface area contributed by atoms with Gasteiger partial charge in [-0.15, -0.1) is 0 Å². The summed E-state index contributed by atoms with van der Waals surface area (Å²) in [5, 5.41) is 8.95. The molecule has 0 N–H and O–H groups in total. The fourth-order valence-electron chi connectivity index (χ4n) is 4.39. The number of halogens is 3. The van der Waals surface area contributed by atoms with Crippen LogP contribution in [-0.4, -0.2) is 48.5 Å². The van der Waals surface area contributed by atoms with E-state index in [9.17, 15) is 18.0 Å². The molecule has 0 aliphatic carbocycles. The molecule has 4 rings (SSSR count). The number of nitrogens with zero attached hydrogens (tertiary/aromatic N) is 6. The Hall–Kier alpha value is -4.02. The third-order valence-electron chi connectivity index (χ3n) is 5.96. The smallest absolute Gasteiger partial charge is 0.341 e. The summed E-state index contributed by atoms with van der Waals surface area (Å²) in [4.78, 5) is 21.0. The van der Waals surface area contributed by atoms with Crippen LogP contribution in [0.25, 0.3) is 17.1 Å². The second-order valence-corrected chi connectivity index (χ2v) is 8.43. The molecule has 3 aromatic heterocycles. The molecule has 1 aromatic carbocycles. The topological polar surface area (TPSA) is 87.7 Å². The number of benzene rings is 1. The van der Waals surface area contributed by atoms with Crippen LogP contribution in [-0.2, 0) is 24.1 Å². The number of rotatable bonds is 9. The molecule has 0 spiro atoms. The lowest BCUT2D eigenvalue weighted by molar-refractivity contribution is 0.0524. The van der Waals surface area contributed by atoms with Gasteiger partial charge >= 0.3 is 5.97 Å². The van der Waals surface area contributed by atoms with Gasteiger partial charge in [0.25, 0.3) is 6.43 Å². The Balaban J connectivity index is 1.73. The molecule has 0 bridgehead atoms. The fraction of sp³-hybridized carbons (Fsp3) is 0.346. The second kappa shape index (κ2) is 10.9. The highest BCUT2D eigenvalue weighted by Gasteiger charge is 2.23. The molecule has 0 aliphatic heterocycles. The number of hydrogen-bond donors (Lipinski definition) is 0. The molecule has 11 heteroatoms. The Bertz CT molecular complexity index is 1410. The summed E-state index contributed by atoms with van der Waals surface area (Å²) in [5.41, 5.74) is 4.58. The van der Waals surface area contributed by atoms with Crippen LogP contribution in [0.3, 0.4) is 0 Å². The lowest BCUT2D eigenvalue weighted by Gasteiger charge is -2.09. The van der Waals surface area contributed by atoms with Crippen molar-refractivity contribution in [2.75, 3.05) is 6.61 Å². The number of carbonyl (C=O) groups excluding carboxylic acids is 1. The van der Waals surface area contributed by atoms with Crippen LogP contribution in [0.4, 0.5) is 13.2 Å². The third-order valence-corrected chi connectivity index (χ3v) is 5.96. The molecule has 0 unspecified atom stereocenters. The summed E-state index contributed by atoms with van der Waals surface area (Å²) in [5.74, 6) is -0.417. The molecule has 37 heavy (non-hydrogen) atoms. The van der Waals surface area contributed by atoms with E-state index < -0.39 is 24.8 Å². The minimum absolute atomic E-state index is 0.248. The Morgan fingerprint density at radius 3 is 2.46 bits per heavy atom. The SMILES string of the molecule is CCOC(=O)c1c(C)nn(-c2cc(Cc3nn(CC(F)F)c(-c4ccc(F)cc4)c3CC)ncn2)c1C. The van der Waals surface area contributed by atoms with Crippen LogP contribution < -0.4 is 0 Å². The molecular formula is C26H27F3N6O2. The van der Waals surface area contributed by atoms with Crippen molar-refractivity contribution in [2.45, 2.75) is 53.5 Å². The average molecular weight is 513 g/mol. The Labute approximate surface area is 212 Å². The first kappa shape index (κ1) is 26.1. The number of carbonyl (C=O) groups is 1. The zero-order valence-corrected chi connectivity index (χ0v) is 21.0. The normalized spacial score (nSPS) is 11.4. The predicted molar refractivity (Wildman–Crippen MR) is 130 cm³/mol. The van der Waals surface area contributed by atoms with Crippen molar-refractivity contribution in [1.29, 1.82) is 0 Å². The van der Waals surface area contributed by atoms with Crippen molar-refractivity contribution in [1.82, 2.24) is 29.5 Å². The maximum Gasteiger partial charge on any atom is 0.341 e. The van der Waals surface area contributed by atoms with E-state index in [2.05, 4.69) is 20.2 Å². The number of aromatic nitrogens is 6. The Morgan fingerprint density at radius 2 is 1.81 bits per heavy atom. The van der Waals surface area contributed by atoms with Gasteiger partial charge in [-0.1, -0.05) is 6.92 Å². The second-order valence-electron chi connectivity index (χ2n) is 8.43. The number of ether oxygens (including phenoxy) is 1. The molecule has 0 saturated carbocycles. The summed E-state index contributed by atoms with van der Waals surface area (Å²) >= 11 is 0. The Kier molecular flexibility index (Phi) is 7.70. The summed E-state index contributed by atoms with van der Waals surface area (Å²) in [6, 6.07) is 7.43. The maximum absolute atomic E-state index is 13.5. The lowest BCUT2D eigenvalue weighted by atomic mass is 10.0. The molecule has 0 atom stereocenters. The molecule has 194 valence electrons. The monoisotopic (exact) mass is 512 g/mol. The largest absolute Gasteiger partial charge is 0.462 e. The van der Waals surface area contributed by atoms with Crippen LogP contribution in [0.2, 0.25) is 0 Å². The fourth-order valence-corrected chi connectivity index (χ4v) is 4.39. The van der Waals surface area contributed by atoms with Gasteiger partial charge < -0.3 is 4.74 Å². The van der Waals surface area contributed by atoms with Gasteiger partial charge in [0.15, 0.2) is 5.82 Å². The summed E-state index contributed by atoms with van der Waals surface area (Å²) in [6.07, 6.45) is -0.438. The predicted octanol–water partition coefficient (Wildman–Crippen LogP) is 4.88. The van der Waals surface area contributed by atoms with Crippen LogP contribution in [0.15, 0.2) is 36.7 Å². The summed E-state index contributed by atoms with van der Waals surface area (Å²) < 4.78 is 48.3. The number of alkyl halides is 2. The van der Waals surface area contributed by atoms with E-state index in [0.717, 1.165) is 5.56 Å². The molecule has 0 saturated heterocycles. The van der Waals surface area contributed by atoms with Gasteiger partial charge in [-0.2, -0.15) is 10.2 Å². The van der Waals surface area contributed by atoms with E-state index in [0.29, 0.717) is 51.8 Å². The number of hydrogen-bond acceptors (Lipinski definition) is 6. The first-order valence-electron chi connectivity index (χ1n) is 11.9. The molecule has 8 nitrogen and oxygen atoms in total. The van der Waals surface area contributed by atoms with Gasteiger partial charge in [0.05, 0.1) is 35.1 Å². The quantitative estimate of drug-likeness (QED) is 0.297. The zero-order valence-electron chi connectivity index (χ0n) is 21.0. The third kappa shape index (κ3) is 5.40. The summed E-state index contributed by atoms with van der Waals surface area (Å²) in [7, 11) is 0. The lowest BCUT2D eigenvalue weighted by Crippen LogP contribution is -2.10. The van der Waals surface area contributed by atoms with Gasteiger partial charge in [0.1, 0.15) is 24.3 Å². The molecule has 0 amide bonds. The van der Waals surface area contributed by atoms with E-state index in [1.54, 1.807) is 43.7 Å². The van der Waals surface area contributed by atoms with Crippen LogP contribution in [0.1, 0.15) is 52.5 Å². The van der Waals surface area contributed by atoms with Crippen molar-refractivity contribution in [3.63, 3.8) is 0 Å². The van der Waals surface area contributed by atoms with E-state index in [1.165, 1.54) is 23.1 Å². The van der Waals surface area contributed by atoms with Gasteiger partial charge in [0.2, 0.25) is 0 Å². The van der Waals surface area contributed by atoms with Crippen molar-refractivity contribution < 1.29 is 22.7 Å². The van der Waals surface area contributed by atoms with E-state index >= 15 is 0 Å². The highest BCUT2D eigenvalue weighted by molar-refractivity contribution is 5.92. The van der Waals surface area contributed by atoms with Gasteiger partial charge in [-0.25, -0.2) is 32.6 Å².